The van der Waals surface area contributed by atoms with E-state index in [2.05, 4.69) is 30.3 Å². The SMILES string of the molecule is C=CCN(CC=C)Cc1occc1CNCCC. The zero-order chi connectivity index (χ0) is 13.2. The van der Waals surface area contributed by atoms with Crippen molar-refractivity contribution in [1.82, 2.24) is 10.2 Å². The summed E-state index contributed by atoms with van der Waals surface area (Å²) >= 11 is 0. The van der Waals surface area contributed by atoms with Crippen LogP contribution in [0, 0.1) is 0 Å². The lowest BCUT2D eigenvalue weighted by Gasteiger charge is -2.18. The lowest BCUT2D eigenvalue weighted by Crippen LogP contribution is -2.24. The molecule has 0 aliphatic rings. The van der Waals surface area contributed by atoms with Gasteiger partial charge in [-0.1, -0.05) is 19.1 Å². The maximum Gasteiger partial charge on any atom is 0.122 e. The lowest BCUT2D eigenvalue weighted by atomic mass is 10.2. The summed E-state index contributed by atoms with van der Waals surface area (Å²) in [5.41, 5.74) is 1.24. The fraction of sp³-hybridized carbons (Fsp3) is 0.467. The van der Waals surface area contributed by atoms with E-state index in [1.54, 1.807) is 6.26 Å². The van der Waals surface area contributed by atoms with Gasteiger partial charge in [0, 0.05) is 25.2 Å². The van der Waals surface area contributed by atoms with Gasteiger partial charge in [-0.2, -0.15) is 0 Å². The highest BCUT2D eigenvalue weighted by Gasteiger charge is 2.10. The third-order valence-electron chi connectivity index (χ3n) is 2.72. The molecule has 1 heterocycles. The van der Waals surface area contributed by atoms with Crippen molar-refractivity contribution in [2.45, 2.75) is 26.4 Å². The van der Waals surface area contributed by atoms with Crippen LogP contribution in [-0.2, 0) is 13.1 Å². The van der Waals surface area contributed by atoms with Crippen LogP contribution in [0.2, 0.25) is 0 Å². The Hall–Kier alpha value is -1.32. The molecule has 0 atom stereocenters. The van der Waals surface area contributed by atoms with Crippen molar-refractivity contribution in [3.8, 4) is 0 Å². The van der Waals surface area contributed by atoms with Crippen LogP contribution in [0.5, 0.6) is 0 Å². The van der Waals surface area contributed by atoms with Crippen LogP contribution in [0.4, 0.5) is 0 Å². The molecule has 0 saturated carbocycles. The van der Waals surface area contributed by atoms with Crippen LogP contribution >= 0.6 is 0 Å². The first-order valence-corrected chi connectivity index (χ1v) is 6.51. The molecule has 0 amide bonds. The van der Waals surface area contributed by atoms with Gasteiger partial charge in [0.05, 0.1) is 12.8 Å². The fourth-order valence-electron chi connectivity index (χ4n) is 1.83. The van der Waals surface area contributed by atoms with Crippen molar-refractivity contribution in [2.75, 3.05) is 19.6 Å². The van der Waals surface area contributed by atoms with Crippen LogP contribution < -0.4 is 5.32 Å². The average molecular weight is 248 g/mol. The maximum absolute atomic E-state index is 5.57. The summed E-state index contributed by atoms with van der Waals surface area (Å²) in [7, 11) is 0. The van der Waals surface area contributed by atoms with Crippen LogP contribution in [0.15, 0.2) is 42.1 Å². The van der Waals surface area contributed by atoms with Crippen LogP contribution in [0.3, 0.4) is 0 Å². The summed E-state index contributed by atoms with van der Waals surface area (Å²) in [6.45, 7) is 14.1. The first-order valence-electron chi connectivity index (χ1n) is 6.51. The normalized spacial score (nSPS) is 10.8. The van der Waals surface area contributed by atoms with E-state index in [0.29, 0.717) is 0 Å². The molecule has 0 radical (unpaired) electrons. The molecular weight excluding hydrogens is 224 g/mol. The summed E-state index contributed by atoms with van der Waals surface area (Å²) in [6, 6.07) is 2.04. The second-order valence-electron chi connectivity index (χ2n) is 4.32. The van der Waals surface area contributed by atoms with Crippen molar-refractivity contribution < 1.29 is 4.42 Å². The van der Waals surface area contributed by atoms with E-state index in [9.17, 15) is 0 Å². The topological polar surface area (TPSA) is 28.4 Å². The number of nitrogens with one attached hydrogen (secondary N) is 1. The van der Waals surface area contributed by atoms with E-state index in [4.69, 9.17) is 4.42 Å². The van der Waals surface area contributed by atoms with E-state index < -0.39 is 0 Å². The van der Waals surface area contributed by atoms with Gasteiger partial charge in [0.15, 0.2) is 0 Å². The molecule has 1 aromatic heterocycles. The predicted molar refractivity (Wildman–Crippen MR) is 76.4 cm³/mol. The molecule has 0 aliphatic heterocycles. The van der Waals surface area contributed by atoms with Crippen molar-refractivity contribution >= 4 is 0 Å². The minimum atomic E-state index is 0.800. The Labute approximate surface area is 110 Å². The number of rotatable bonds is 10. The molecule has 0 aliphatic carbocycles. The van der Waals surface area contributed by atoms with Crippen LogP contribution in [-0.4, -0.2) is 24.5 Å². The Kier molecular flexibility index (Phi) is 7.14. The maximum atomic E-state index is 5.57. The molecule has 100 valence electrons. The van der Waals surface area contributed by atoms with E-state index in [1.807, 2.05) is 18.2 Å². The number of hydrogen-bond donors (Lipinski definition) is 1. The van der Waals surface area contributed by atoms with Crippen molar-refractivity contribution in [2.24, 2.45) is 0 Å². The highest BCUT2D eigenvalue weighted by atomic mass is 16.3. The monoisotopic (exact) mass is 248 g/mol. The van der Waals surface area contributed by atoms with Gasteiger partial charge in [0.2, 0.25) is 0 Å². The van der Waals surface area contributed by atoms with Crippen molar-refractivity contribution in [3.05, 3.63) is 49.0 Å². The molecule has 0 bridgehead atoms. The summed E-state index contributed by atoms with van der Waals surface area (Å²) in [5, 5.41) is 3.40. The molecule has 1 rings (SSSR count). The molecule has 0 spiro atoms. The minimum Gasteiger partial charge on any atom is -0.468 e. The van der Waals surface area contributed by atoms with Crippen molar-refractivity contribution in [1.29, 1.82) is 0 Å². The largest absolute Gasteiger partial charge is 0.468 e. The minimum absolute atomic E-state index is 0.800. The molecule has 0 fully saturated rings. The molecule has 18 heavy (non-hydrogen) atoms. The summed E-state index contributed by atoms with van der Waals surface area (Å²) in [4.78, 5) is 2.24. The summed E-state index contributed by atoms with van der Waals surface area (Å²) in [6.07, 6.45) is 6.72. The smallest absolute Gasteiger partial charge is 0.122 e. The quantitative estimate of drug-likeness (QED) is 0.510. The summed E-state index contributed by atoms with van der Waals surface area (Å²) in [5.74, 6) is 1.03. The van der Waals surface area contributed by atoms with E-state index in [0.717, 1.165) is 44.9 Å². The predicted octanol–water partition coefficient (Wildman–Crippen LogP) is 2.95. The molecule has 1 aromatic rings. The first-order chi connectivity index (χ1) is 8.81. The molecule has 3 heteroatoms. The zero-order valence-corrected chi connectivity index (χ0v) is 11.3. The number of furan rings is 1. The third-order valence-corrected chi connectivity index (χ3v) is 2.72. The van der Waals surface area contributed by atoms with Gasteiger partial charge in [0.25, 0.3) is 0 Å². The number of nitrogens with zero attached hydrogens (tertiary/aromatic N) is 1. The molecule has 0 saturated heterocycles. The molecule has 0 unspecified atom stereocenters. The lowest BCUT2D eigenvalue weighted by molar-refractivity contribution is 0.292. The Morgan fingerprint density at radius 2 is 2.06 bits per heavy atom. The Morgan fingerprint density at radius 1 is 1.33 bits per heavy atom. The van der Waals surface area contributed by atoms with Crippen LogP contribution in [0.25, 0.3) is 0 Å². The summed E-state index contributed by atoms with van der Waals surface area (Å²) < 4.78 is 5.57. The van der Waals surface area contributed by atoms with Gasteiger partial charge in [-0.3, -0.25) is 4.90 Å². The zero-order valence-electron chi connectivity index (χ0n) is 11.3. The van der Waals surface area contributed by atoms with Gasteiger partial charge in [-0.25, -0.2) is 0 Å². The molecule has 1 N–H and O–H groups in total. The van der Waals surface area contributed by atoms with E-state index in [-0.39, 0.29) is 0 Å². The van der Waals surface area contributed by atoms with Gasteiger partial charge in [-0.05, 0) is 19.0 Å². The second kappa shape index (κ2) is 8.72. The van der Waals surface area contributed by atoms with Gasteiger partial charge in [0.1, 0.15) is 5.76 Å². The fourth-order valence-corrected chi connectivity index (χ4v) is 1.83. The molecular formula is C15H24N2O. The van der Waals surface area contributed by atoms with Crippen molar-refractivity contribution in [3.63, 3.8) is 0 Å². The first kappa shape index (κ1) is 14.7. The Bertz CT molecular complexity index is 347. The molecule has 0 aromatic carbocycles. The third kappa shape index (κ3) is 4.90. The molecule has 3 nitrogen and oxygen atoms in total. The van der Waals surface area contributed by atoms with Gasteiger partial charge < -0.3 is 9.73 Å². The van der Waals surface area contributed by atoms with E-state index in [1.165, 1.54) is 5.56 Å². The highest BCUT2D eigenvalue weighted by molar-refractivity contribution is 5.17. The van der Waals surface area contributed by atoms with Gasteiger partial charge >= 0.3 is 0 Å². The Morgan fingerprint density at radius 3 is 2.67 bits per heavy atom. The standard InChI is InChI=1S/C15H24N2O/c1-4-8-16-12-14-7-11-18-15(14)13-17(9-5-2)10-6-3/h5-7,11,16H,2-4,8-10,12-13H2,1H3. The average Bonchev–Trinajstić information content (AvgIpc) is 2.78. The van der Waals surface area contributed by atoms with Gasteiger partial charge in [-0.15, -0.1) is 13.2 Å². The second-order valence-corrected chi connectivity index (χ2v) is 4.32. The van der Waals surface area contributed by atoms with E-state index >= 15 is 0 Å². The Balaban J connectivity index is 2.55. The van der Waals surface area contributed by atoms with Crippen LogP contribution in [0.1, 0.15) is 24.7 Å². The highest BCUT2D eigenvalue weighted by Crippen LogP contribution is 2.13. The number of hydrogen-bond acceptors (Lipinski definition) is 3.